The summed E-state index contributed by atoms with van der Waals surface area (Å²) in [6.07, 6.45) is -0.989. The number of aliphatic hydroxyl groups excluding tert-OH is 1. The van der Waals surface area contributed by atoms with Crippen molar-refractivity contribution in [3.05, 3.63) is 38.4 Å². The van der Waals surface area contributed by atoms with Crippen LogP contribution in [0.4, 0.5) is 11.4 Å². The molecule has 0 amide bonds. The number of carbonyl (C=O) groups excluding carboxylic acids is 1. The molecule has 0 aliphatic rings. The van der Waals surface area contributed by atoms with E-state index in [9.17, 15) is 25.0 Å². The standard InChI is InChI=1S/C11H12N2O8/c1-7(15)21-9(5-14)6-20-11-3-2-8(12(16)17)4-10(11)13(18)19/h2-4,9,14H,5-6H2,1H3. The minimum atomic E-state index is -0.989. The van der Waals surface area contributed by atoms with E-state index in [0.717, 1.165) is 25.1 Å². The minimum Gasteiger partial charge on any atom is -0.483 e. The molecule has 0 heterocycles. The summed E-state index contributed by atoms with van der Waals surface area (Å²) in [5.41, 5.74) is -1.04. The molecule has 0 radical (unpaired) electrons. The van der Waals surface area contributed by atoms with Crippen LogP contribution in [-0.4, -0.2) is 40.2 Å². The highest BCUT2D eigenvalue weighted by atomic mass is 16.6. The number of ether oxygens (including phenoxy) is 2. The molecule has 1 aromatic rings. The molecule has 1 aromatic carbocycles. The molecule has 10 nitrogen and oxygen atoms in total. The molecule has 10 heteroatoms. The monoisotopic (exact) mass is 300 g/mol. The molecule has 0 saturated heterocycles. The van der Waals surface area contributed by atoms with E-state index in [4.69, 9.17) is 14.6 Å². The lowest BCUT2D eigenvalue weighted by atomic mass is 10.2. The Bertz CT molecular complexity index is 559. The van der Waals surface area contributed by atoms with Gasteiger partial charge >= 0.3 is 11.7 Å². The zero-order chi connectivity index (χ0) is 16.0. The smallest absolute Gasteiger partial charge is 0.317 e. The number of aliphatic hydroxyl groups is 1. The fourth-order valence-electron chi connectivity index (χ4n) is 1.43. The Hall–Kier alpha value is -2.75. The van der Waals surface area contributed by atoms with Gasteiger partial charge in [0, 0.05) is 13.0 Å². The van der Waals surface area contributed by atoms with Gasteiger partial charge in [-0.1, -0.05) is 0 Å². The molecule has 1 atom stereocenters. The first-order valence-corrected chi connectivity index (χ1v) is 5.69. The van der Waals surface area contributed by atoms with Crippen molar-refractivity contribution < 1.29 is 29.2 Å². The van der Waals surface area contributed by atoms with Gasteiger partial charge in [0.25, 0.3) is 5.69 Å². The average Bonchev–Trinajstić information content (AvgIpc) is 2.42. The van der Waals surface area contributed by atoms with Crippen LogP contribution in [0, 0.1) is 20.2 Å². The minimum absolute atomic E-state index is 0.226. The molecular formula is C11H12N2O8. The van der Waals surface area contributed by atoms with Crippen LogP contribution in [0.1, 0.15) is 6.92 Å². The largest absolute Gasteiger partial charge is 0.483 e. The maximum absolute atomic E-state index is 10.9. The molecule has 0 bridgehead atoms. The first kappa shape index (κ1) is 16.3. The Morgan fingerprint density at radius 1 is 1.33 bits per heavy atom. The Morgan fingerprint density at radius 3 is 2.48 bits per heavy atom. The number of carbonyl (C=O) groups is 1. The van der Waals surface area contributed by atoms with Crippen LogP contribution in [0.25, 0.3) is 0 Å². The summed E-state index contributed by atoms with van der Waals surface area (Å²) < 4.78 is 9.78. The summed E-state index contributed by atoms with van der Waals surface area (Å²) in [4.78, 5) is 30.6. The number of hydrogen-bond acceptors (Lipinski definition) is 8. The second-order valence-electron chi connectivity index (χ2n) is 3.89. The van der Waals surface area contributed by atoms with Gasteiger partial charge in [-0.15, -0.1) is 0 Å². The van der Waals surface area contributed by atoms with E-state index >= 15 is 0 Å². The first-order valence-electron chi connectivity index (χ1n) is 5.69. The Kier molecular flexibility index (Phi) is 5.55. The van der Waals surface area contributed by atoms with Crippen molar-refractivity contribution in [2.24, 2.45) is 0 Å². The molecule has 0 spiro atoms. The number of esters is 1. The summed E-state index contributed by atoms with van der Waals surface area (Å²) in [6.45, 7) is 0.284. The molecule has 0 aliphatic heterocycles. The van der Waals surface area contributed by atoms with Gasteiger partial charge in [-0.2, -0.15) is 0 Å². The molecule has 114 valence electrons. The van der Waals surface area contributed by atoms with Gasteiger partial charge in [-0.05, 0) is 6.07 Å². The highest BCUT2D eigenvalue weighted by molar-refractivity contribution is 5.66. The van der Waals surface area contributed by atoms with Crippen LogP contribution in [0.3, 0.4) is 0 Å². The van der Waals surface area contributed by atoms with Crippen molar-refractivity contribution in [3.8, 4) is 5.75 Å². The van der Waals surface area contributed by atoms with Crippen molar-refractivity contribution in [3.63, 3.8) is 0 Å². The molecular weight excluding hydrogens is 288 g/mol. The predicted octanol–water partition coefficient (Wildman–Crippen LogP) is 0.806. The van der Waals surface area contributed by atoms with Crippen LogP contribution < -0.4 is 4.74 Å². The first-order chi connectivity index (χ1) is 9.85. The third-order valence-electron chi connectivity index (χ3n) is 2.31. The second kappa shape index (κ2) is 7.14. The highest BCUT2D eigenvalue weighted by Gasteiger charge is 2.22. The van der Waals surface area contributed by atoms with E-state index in [1.165, 1.54) is 0 Å². The molecule has 1 N–H and O–H groups in total. The molecule has 0 saturated carbocycles. The molecule has 1 rings (SSSR count). The fraction of sp³-hybridized carbons (Fsp3) is 0.364. The second-order valence-corrected chi connectivity index (χ2v) is 3.89. The lowest BCUT2D eigenvalue weighted by Crippen LogP contribution is -2.27. The van der Waals surface area contributed by atoms with Crippen LogP contribution in [-0.2, 0) is 9.53 Å². The van der Waals surface area contributed by atoms with Crippen LogP contribution in [0.15, 0.2) is 18.2 Å². The highest BCUT2D eigenvalue weighted by Crippen LogP contribution is 2.31. The Labute approximate surface area is 118 Å². The van der Waals surface area contributed by atoms with Crippen molar-refractivity contribution in [1.29, 1.82) is 0 Å². The molecule has 0 aliphatic carbocycles. The van der Waals surface area contributed by atoms with Crippen LogP contribution in [0.5, 0.6) is 5.75 Å². The van der Waals surface area contributed by atoms with Crippen molar-refractivity contribution in [2.45, 2.75) is 13.0 Å². The molecule has 21 heavy (non-hydrogen) atoms. The number of nitrogens with zero attached hydrogens (tertiary/aromatic N) is 2. The molecule has 0 fully saturated rings. The average molecular weight is 300 g/mol. The van der Waals surface area contributed by atoms with Crippen molar-refractivity contribution in [1.82, 2.24) is 0 Å². The van der Waals surface area contributed by atoms with Gasteiger partial charge in [0.2, 0.25) is 0 Å². The topological polar surface area (TPSA) is 142 Å². The Morgan fingerprint density at radius 2 is 2.00 bits per heavy atom. The number of non-ortho nitro benzene ring substituents is 1. The summed E-state index contributed by atoms with van der Waals surface area (Å²) in [7, 11) is 0. The van der Waals surface area contributed by atoms with E-state index in [2.05, 4.69) is 0 Å². The van der Waals surface area contributed by atoms with Gasteiger partial charge in [-0.3, -0.25) is 25.0 Å². The summed E-state index contributed by atoms with van der Waals surface area (Å²) in [6, 6.07) is 2.87. The van der Waals surface area contributed by atoms with E-state index in [0.29, 0.717) is 0 Å². The quantitative estimate of drug-likeness (QED) is 0.442. The maximum atomic E-state index is 10.9. The molecule has 0 aromatic heterocycles. The fourth-order valence-corrected chi connectivity index (χ4v) is 1.43. The normalized spacial score (nSPS) is 11.5. The van der Waals surface area contributed by atoms with Gasteiger partial charge in [0.05, 0.1) is 22.5 Å². The SMILES string of the molecule is CC(=O)OC(CO)COc1ccc([N+](=O)[O-])cc1[N+](=O)[O-]. The third-order valence-corrected chi connectivity index (χ3v) is 2.31. The van der Waals surface area contributed by atoms with E-state index in [1.54, 1.807) is 0 Å². The van der Waals surface area contributed by atoms with E-state index < -0.39 is 39.9 Å². The van der Waals surface area contributed by atoms with Crippen molar-refractivity contribution >= 4 is 17.3 Å². The van der Waals surface area contributed by atoms with Crippen LogP contribution >= 0.6 is 0 Å². The van der Waals surface area contributed by atoms with Gasteiger partial charge < -0.3 is 14.6 Å². The number of benzene rings is 1. The Balaban J connectivity index is 2.89. The summed E-state index contributed by atoms with van der Waals surface area (Å²) in [5, 5.41) is 30.4. The van der Waals surface area contributed by atoms with E-state index in [-0.39, 0.29) is 12.4 Å². The lowest BCUT2D eigenvalue weighted by molar-refractivity contribution is -0.394. The maximum Gasteiger partial charge on any atom is 0.317 e. The predicted molar refractivity (Wildman–Crippen MR) is 67.9 cm³/mol. The third kappa shape index (κ3) is 4.69. The van der Waals surface area contributed by atoms with Gasteiger partial charge in [-0.25, -0.2) is 0 Å². The number of hydrogen-bond donors (Lipinski definition) is 1. The number of nitro groups is 2. The summed E-state index contributed by atoms with van der Waals surface area (Å²) in [5.74, 6) is -0.868. The zero-order valence-corrected chi connectivity index (χ0v) is 10.9. The van der Waals surface area contributed by atoms with Crippen molar-refractivity contribution in [2.75, 3.05) is 13.2 Å². The number of nitro benzene ring substituents is 2. The van der Waals surface area contributed by atoms with Gasteiger partial charge in [0.1, 0.15) is 6.61 Å². The number of rotatable bonds is 7. The lowest BCUT2D eigenvalue weighted by Gasteiger charge is -2.15. The molecule has 1 unspecified atom stereocenters. The van der Waals surface area contributed by atoms with Gasteiger partial charge in [0.15, 0.2) is 11.9 Å². The van der Waals surface area contributed by atoms with E-state index in [1.807, 2.05) is 0 Å². The zero-order valence-electron chi connectivity index (χ0n) is 10.9. The van der Waals surface area contributed by atoms with Crippen LogP contribution in [0.2, 0.25) is 0 Å². The summed E-state index contributed by atoms with van der Waals surface area (Å²) >= 11 is 0.